The number of aryl methyl sites for hydroxylation is 1. The minimum Gasteiger partial charge on any atom is -0.481 e. The molecule has 0 bridgehead atoms. The molecule has 0 unspecified atom stereocenters. The third-order valence-electron chi connectivity index (χ3n) is 2.59. The Morgan fingerprint density at radius 3 is 2.88 bits per heavy atom. The molecule has 0 aliphatic rings. The number of hydrogen-bond acceptors (Lipinski definition) is 5. The zero-order valence-corrected chi connectivity index (χ0v) is 10.1. The lowest BCUT2D eigenvalue weighted by atomic mass is 10.3. The number of nitrogens with one attached hydrogen (secondary N) is 1. The third-order valence-corrected chi connectivity index (χ3v) is 2.59. The van der Waals surface area contributed by atoms with Gasteiger partial charge in [0.05, 0.1) is 24.9 Å². The number of methoxy groups -OCH3 is 1. The van der Waals surface area contributed by atoms with Crippen LogP contribution in [0.25, 0.3) is 0 Å². The van der Waals surface area contributed by atoms with Crippen LogP contribution >= 0.6 is 0 Å². The summed E-state index contributed by atoms with van der Waals surface area (Å²) < 4.78 is 6.96. The highest BCUT2D eigenvalue weighted by Crippen LogP contribution is 2.20. The summed E-state index contributed by atoms with van der Waals surface area (Å²) in [4.78, 5) is 8.21. The summed E-state index contributed by atoms with van der Waals surface area (Å²) >= 11 is 0. The van der Waals surface area contributed by atoms with Gasteiger partial charge < -0.3 is 10.1 Å². The molecule has 2 heterocycles. The van der Waals surface area contributed by atoms with Gasteiger partial charge in [-0.3, -0.25) is 4.68 Å². The van der Waals surface area contributed by atoms with Crippen molar-refractivity contribution < 1.29 is 4.74 Å². The van der Waals surface area contributed by atoms with Crippen molar-refractivity contribution in [3.63, 3.8) is 0 Å². The van der Waals surface area contributed by atoms with Crippen LogP contribution in [0.15, 0.2) is 18.6 Å². The highest BCUT2D eigenvalue weighted by atomic mass is 16.5. The first-order chi connectivity index (χ1) is 8.22. The van der Waals surface area contributed by atoms with Gasteiger partial charge in [0.2, 0.25) is 5.88 Å². The van der Waals surface area contributed by atoms with E-state index in [4.69, 9.17) is 4.74 Å². The van der Waals surface area contributed by atoms with Crippen LogP contribution < -0.4 is 10.1 Å². The Morgan fingerprint density at radius 1 is 1.41 bits per heavy atom. The third kappa shape index (κ3) is 2.35. The van der Waals surface area contributed by atoms with Crippen molar-refractivity contribution in [1.82, 2.24) is 19.7 Å². The maximum absolute atomic E-state index is 5.14. The molecule has 0 aromatic carbocycles. The largest absolute Gasteiger partial charge is 0.481 e. The SMILES string of the molecule is COc1ncnc(NCc2ccnn2C)c1C. The van der Waals surface area contributed by atoms with Gasteiger partial charge in [-0.25, -0.2) is 9.97 Å². The van der Waals surface area contributed by atoms with Crippen molar-refractivity contribution in [1.29, 1.82) is 0 Å². The lowest BCUT2D eigenvalue weighted by molar-refractivity contribution is 0.393. The first kappa shape index (κ1) is 11.4. The fourth-order valence-electron chi connectivity index (χ4n) is 1.57. The average Bonchev–Trinajstić information content (AvgIpc) is 2.74. The summed E-state index contributed by atoms with van der Waals surface area (Å²) in [6, 6.07) is 1.96. The van der Waals surface area contributed by atoms with Crippen LogP contribution in [0, 0.1) is 6.92 Å². The van der Waals surface area contributed by atoms with Gasteiger partial charge >= 0.3 is 0 Å². The molecule has 2 rings (SSSR count). The summed E-state index contributed by atoms with van der Waals surface area (Å²) in [5.41, 5.74) is 1.99. The van der Waals surface area contributed by atoms with Crippen LogP contribution in [0.2, 0.25) is 0 Å². The van der Waals surface area contributed by atoms with Crippen LogP contribution in [-0.2, 0) is 13.6 Å². The molecule has 0 fully saturated rings. The van der Waals surface area contributed by atoms with Crippen molar-refractivity contribution in [3.05, 3.63) is 29.8 Å². The van der Waals surface area contributed by atoms with E-state index in [0.717, 1.165) is 17.1 Å². The summed E-state index contributed by atoms with van der Waals surface area (Å²) in [6.45, 7) is 2.59. The summed E-state index contributed by atoms with van der Waals surface area (Å²) in [5.74, 6) is 1.37. The Bertz CT molecular complexity index is 508. The van der Waals surface area contributed by atoms with Gasteiger partial charge in [-0.05, 0) is 13.0 Å². The van der Waals surface area contributed by atoms with Crippen molar-refractivity contribution in [3.8, 4) is 5.88 Å². The fourth-order valence-corrected chi connectivity index (χ4v) is 1.57. The molecule has 0 saturated heterocycles. The van der Waals surface area contributed by atoms with Gasteiger partial charge in [0, 0.05) is 13.2 Å². The van der Waals surface area contributed by atoms with Crippen LogP contribution in [0.5, 0.6) is 5.88 Å². The number of rotatable bonds is 4. The Balaban J connectivity index is 2.12. The highest BCUT2D eigenvalue weighted by Gasteiger charge is 2.07. The molecule has 0 saturated carbocycles. The van der Waals surface area contributed by atoms with Crippen molar-refractivity contribution in [2.24, 2.45) is 7.05 Å². The maximum atomic E-state index is 5.14. The molecule has 2 aromatic rings. The molecule has 2 aromatic heterocycles. The van der Waals surface area contributed by atoms with E-state index in [2.05, 4.69) is 20.4 Å². The van der Waals surface area contributed by atoms with Gasteiger partial charge in [0.25, 0.3) is 0 Å². The smallest absolute Gasteiger partial charge is 0.221 e. The van der Waals surface area contributed by atoms with E-state index >= 15 is 0 Å². The van der Waals surface area contributed by atoms with Crippen LogP contribution in [-0.4, -0.2) is 26.9 Å². The first-order valence-electron chi connectivity index (χ1n) is 5.28. The van der Waals surface area contributed by atoms with Crippen LogP contribution in [0.1, 0.15) is 11.3 Å². The zero-order chi connectivity index (χ0) is 12.3. The number of anilines is 1. The molecular formula is C11H15N5O. The number of nitrogens with zero attached hydrogens (tertiary/aromatic N) is 4. The lowest BCUT2D eigenvalue weighted by Crippen LogP contribution is -2.08. The molecule has 0 atom stereocenters. The molecule has 6 nitrogen and oxygen atoms in total. The van der Waals surface area contributed by atoms with Gasteiger partial charge in [-0.15, -0.1) is 0 Å². The molecule has 0 aliphatic heterocycles. The number of aromatic nitrogens is 4. The maximum Gasteiger partial charge on any atom is 0.221 e. The standard InChI is InChI=1S/C11H15N5O/c1-8-10(13-7-14-11(8)17-3)12-6-9-4-5-15-16(9)2/h4-5,7H,6H2,1-3H3,(H,12,13,14). The van der Waals surface area contributed by atoms with E-state index < -0.39 is 0 Å². The first-order valence-corrected chi connectivity index (χ1v) is 5.28. The molecule has 0 amide bonds. The Hall–Kier alpha value is -2.11. The Kier molecular flexibility index (Phi) is 3.22. The fraction of sp³-hybridized carbons (Fsp3) is 0.364. The van der Waals surface area contributed by atoms with E-state index in [1.165, 1.54) is 6.33 Å². The minimum atomic E-state index is 0.590. The summed E-state index contributed by atoms with van der Waals surface area (Å²) in [6.07, 6.45) is 3.25. The second-order valence-corrected chi connectivity index (χ2v) is 3.66. The zero-order valence-electron chi connectivity index (χ0n) is 10.1. The van der Waals surface area contributed by atoms with E-state index in [9.17, 15) is 0 Å². The minimum absolute atomic E-state index is 0.590. The van der Waals surface area contributed by atoms with Gasteiger partial charge in [0.15, 0.2) is 0 Å². The quantitative estimate of drug-likeness (QED) is 0.857. The molecule has 0 spiro atoms. The predicted molar refractivity (Wildman–Crippen MR) is 63.9 cm³/mol. The predicted octanol–water partition coefficient (Wildman–Crippen LogP) is 1.14. The van der Waals surface area contributed by atoms with Gasteiger partial charge in [0.1, 0.15) is 12.1 Å². The molecule has 17 heavy (non-hydrogen) atoms. The normalized spacial score (nSPS) is 10.3. The topological polar surface area (TPSA) is 64.9 Å². The average molecular weight is 233 g/mol. The Morgan fingerprint density at radius 2 is 2.24 bits per heavy atom. The second kappa shape index (κ2) is 4.82. The van der Waals surface area contributed by atoms with E-state index in [1.54, 1.807) is 13.3 Å². The van der Waals surface area contributed by atoms with Crippen molar-refractivity contribution in [2.75, 3.05) is 12.4 Å². The monoisotopic (exact) mass is 233 g/mol. The Labute approximate surface area is 99.7 Å². The number of ether oxygens (including phenoxy) is 1. The van der Waals surface area contributed by atoms with Crippen molar-refractivity contribution in [2.45, 2.75) is 13.5 Å². The van der Waals surface area contributed by atoms with E-state index in [1.807, 2.05) is 24.7 Å². The van der Waals surface area contributed by atoms with E-state index in [0.29, 0.717) is 12.4 Å². The van der Waals surface area contributed by atoms with Crippen molar-refractivity contribution >= 4 is 5.82 Å². The van der Waals surface area contributed by atoms with Crippen LogP contribution in [0.4, 0.5) is 5.82 Å². The van der Waals surface area contributed by atoms with E-state index in [-0.39, 0.29) is 0 Å². The molecule has 0 aliphatic carbocycles. The molecule has 90 valence electrons. The summed E-state index contributed by atoms with van der Waals surface area (Å²) in [7, 11) is 3.50. The van der Waals surface area contributed by atoms with Crippen LogP contribution in [0.3, 0.4) is 0 Å². The second-order valence-electron chi connectivity index (χ2n) is 3.66. The molecule has 6 heteroatoms. The molecule has 0 radical (unpaired) electrons. The summed E-state index contributed by atoms with van der Waals surface area (Å²) in [5, 5.41) is 7.34. The highest BCUT2D eigenvalue weighted by molar-refractivity contribution is 5.47. The number of hydrogen-bond donors (Lipinski definition) is 1. The van der Waals surface area contributed by atoms with Gasteiger partial charge in [-0.1, -0.05) is 0 Å². The molecule has 1 N–H and O–H groups in total. The molecular weight excluding hydrogens is 218 g/mol. The van der Waals surface area contributed by atoms with Gasteiger partial charge in [-0.2, -0.15) is 5.10 Å². The lowest BCUT2D eigenvalue weighted by Gasteiger charge is -2.10.